The van der Waals surface area contributed by atoms with Gasteiger partial charge in [-0.3, -0.25) is 4.79 Å². The van der Waals surface area contributed by atoms with Gasteiger partial charge in [-0.2, -0.15) is 0 Å². The Kier molecular flexibility index (Phi) is 5.74. The van der Waals surface area contributed by atoms with Gasteiger partial charge in [0, 0.05) is 6.04 Å². The molecule has 2 aliphatic rings. The molecule has 4 atom stereocenters. The number of nitrogens with two attached hydrogens (primary N) is 1. The average Bonchev–Trinajstić information content (AvgIpc) is 2.82. The zero-order valence-corrected chi connectivity index (χ0v) is 14.9. The quantitative estimate of drug-likeness (QED) is 0.852. The highest BCUT2D eigenvalue weighted by molar-refractivity contribution is 5.88. The molecule has 1 aromatic carbocycles. The predicted molar refractivity (Wildman–Crippen MR) is 95.5 cm³/mol. The predicted octanol–water partition coefficient (Wildman–Crippen LogP) is 2.63. The van der Waals surface area contributed by atoms with Crippen molar-refractivity contribution in [1.82, 2.24) is 4.90 Å². The van der Waals surface area contributed by atoms with Crippen molar-refractivity contribution in [3.05, 3.63) is 35.9 Å². The summed E-state index contributed by atoms with van der Waals surface area (Å²) < 4.78 is 5.54. The van der Waals surface area contributed by atoms with E-state index in [0.717, 1.165) is 24.8 Å². The van der Waals surface area contributed by atoms with Crippen LogP contribution in [0.1, 0.15) is 51.0 Å². The Morgan fingerprint density at radius 3 is 2.64 bits per heavy atom. The van der Waals surface area contributed by atoms with E-state index in [9.17, 15) is 9.59 Å². The smallest absolute Gasteiger partial charge is 0.329 e. The van der Waals surface area contributed by atoms with E-state index in [1.54, 1.807) is 11.8 Å². The molecular weight excluding hydrogens is 316 g/mol. The molecule has 1 amide bonds. The Balaban J connectivity index is 1.73. The fourth-order valence-corrected chi connectivity index (χ4v) is 4.22. The Hall–Kier alpha value is -1.88. The number of ether oxygens (including phenoxy) is 1. The van der Waals surface area contributed by atoms with Gasteiger partial charge in [0.05, 0.1) is 6.04 Å². The lowest BCUT2D eigenvalue weighted by Gasteiger charge is -2.31. The van der Waals surface area contributed by atoms with E-state index in [1.807, 2.05) is 30.3 Å². The Morgan fingerprint density at radius 1 is 1.20 bits per heavy atom. The maximum Gasteiger partial charge on any atom is 0.329 e. The number of amides is 1. The number of nitrogens with zero attached hydrogens (tertiary/aromatic N) is 1. The summed E-state index contributed by atoms with van der Waals surface area (Å²) in [5.41, 5.74) is 6.81. The van der Waals surface area contributed by atoms with Gasteiger partial charge in [-0.15, -0.1) is 0 Å². The first kappa shape index (κ1) is 17.9. The summed E-state index contributed by atoms with van der Waals surface area (Å²) in [6.07, 6.45) is 6.23. The van der Waals surface area contributed by atoms with Crippen LogP contribution in [0.5, 0.6) is 0 Å². The number of carbonyl (C=O) groups is 2. The molecule has 0 radical (unpaired) electrons. The summed E-state index contributed by atoms with van der Waals surface area (Å²) in [5.74, 6) is -0.0403. The largest absolute Gasteiger partial charge is 0.459 e. The van der Waals surface area contributed by atoms with Crippen LogP contribution in [-0.2, 0) is 20.9 Å². The summed E-state index contributed by atoms with van der Waals surface area (Å²) in [6, 6.07) is 8.68. The van der Waals surface area contributed by atoms with Crippen molar-refractivity contribution >= 4 is 11.9 Å². The Morgan fingerprint density at radius 2 is 1.92 bits per heavy atom. The number of fused-ring (bicyclic) bond motifs is 1. The monoisotopic (exact) mass is 344 g/mol. The van der Waals surface area contributed by atoms with Crippen molar-refractivity contribution in [3.63, 3.8) is 0 Å². The number of carbonyl (C=O) groups excluding carboxylic acids is 2. The molecule has 1 heterocycles. The summed E-state index contributed by atoms with van der Waals surface area (Å²) in [7, 11) is 0. The second-order valence-corrected chi connectivity index (χ2v) is 7.34. The molecule has 0 spiro atoms. The molecule has 1 aliphatic heterocycles. The number of rotatable bonds is 4. The molecular formula is C20H28N2O3. The summed E-state index contributed by atoms with van der Waals surface area (Å²) in [6.45, 7) is 1.93. The minimum Gasteiger partial charge on any atom is -0.459 e. The lowest BCUT2D eigenvalue weighted by molar-refractivity contribution is -0.156. The van der Waals surface area contributed by atoms with E-state index in [2.05, 4.69) is 0 Å². The van der Waals surface area contributed by atoms with Crippen molar-refractivity contribution in [2.45, 2.75) is 70.2 Å². The second-order valence-electron chi connectivity index (χ2n) is 7.34. The number of hydrogen-bond donors (Lipinski definition) is 1. The van der Waals surface area contributed by atoms with Gasteiger partial charge in [-0.05, 0) is 37.7 Å². The van der Waals surface area contributed by atoms with Crippen LogP contribution in [0.25, 0.3) is 0 Å². The van der Waals surface area contributed by atoms with Gasteiger partial charge in [-0.1, -0.05) is 49.6 Å². The van der Waals surface area contributed by atoms with Gasteiger partial charge >= 0.3 is 5.97 Å². The van der Waals surface area contributed by atoms with Crippen molar-refractivity contribution in [2.75, 3.05) is 0 Å². The minimum absolute atomic E-state index is 0.129. The van der Waals surface area contributed by atoms with E-state index in [0.29, 0.717) is 12.3 Å². The summed E-state index contributed by atoms with van der Waals surface area (Å²) in [5, 5.41) is 0. The third-order valence-corrected chi connectivity index (χ3v) is 5.48. The third kappa shape index (κ3) is 4.03. The van der Waals surface area contributed by atoms with Crippen LogP contribution in [0.3, 0.4) is 0 Å². The van der Waals surface area contributed by atoms with Crippen LogP contribution < -0.4 is 5.73 Å². The van der Waals surface area contributed by atoms with Crippen LogP contribution in [-0.4, -0.2) is 34.9 Å². The van der Waals surface area contributed by atoms with Gasteiger partial charge in [-0.25, -0.2) is 4.79 Å². The lowest BCUT2D eigenvalue weighted by Crippen LogP contribution is -2.51. The van der Waals surface area contributed by atoms with Crippen molar-refractivity contribution in [3.8, 4) is 0 Å². The van der Waals surface area contributed by atoms with Crippen LogP contribution in [0.15, 0.2) is 30.3 Å². The maximum atomic E-state index is 12.7. The van der Waals surface area contributed by atoms with Crippen molar-refractivity contribution in [2.24, 2.45) is 11.7 Å². The Bertz CT molecular complexity index is 602. The highest BCUT2D eigenvalue weighted by atomic mass is 16.5. The molecule has 5 heteroatoms. The molecule has 1 saturated heterocycles. The van der Waals surface area contributed by atoms with E-state index < -0.39 is 12.1 Å². The number of likely N-dealkylation sites (tertiary alicyclic amines) is 1. The van der Waals surface area contributed by atoms with Crippen molar-refractivity contribution in [1.29, 1.82) is 0 Å². The molecule has 0 aromatic heterocycles. The zero-order chi connectivity index (χ0) is 17.8. The van der Waals surface area contributed by atoms with Crippen LogP contribution in [0, 0.1) is 5.92 Å². The van der Waals surface area contributed by atoms with E-state index in [1.165, 1.54) is 12.8 Å². The van der Waals surface area contributed by atoms with Gasteiger partial charge < -0.3 is 15.4 Å². The first-order chi connectivity index (χ1) is 12.1. The first-order valence-corrected chi connectivity index (χ1v) is 9.36. The number of hydrogen-bond acceptors (Lipinski definition) is 4. The molecule has 1 unspecified atom stereocenters. The van der Waals surface area contributed by atoms with E-state index in [4.69, 9.17) is 10.5 Å². The standard InChI is InChI=1S/C20H28N2O3/c1-14(21)19(23)22-17-11-7-3-6-10-16(17)12-18(22)20(24)25-13-15-8-4-2-5-9-15/h2,4-5,8-9,14,16-18H,3,6-7,10-13,21H2,1H3/t14?,16-,17-,18+/m1/s1. The van der Waals surface area contributed by atoms with Crippen molar-refractivity contribution < 1.29 is 14.3 Å². The van der Waals surface area contributed by atoms with Crippen LogP contribution in [0.2, 0.25) is 0 Å². The highest BCUT2D eigenvalue weighted by Gasteiger charge is 2.47. The fourth-order valence-electron chi connectivity index (χ4n) is 4.22. The molecule has 2 fully saturated rings. The van der Waals surface area contributed by atoms with E-state index >= 15 is 0 Å². The molecule has 2 N–H and O–H groups in total. The number of benzene rings is 1. The van der Waals surface area contributed by atoms with Gasteiger partial charge in [0.2, 0.25) is 5.91 Å². The molecule has 3 rings (SSSR count). The third-order valence-electron chi connectivity index (χ3n) is 5.48. The molecule has 136 valence electrons. The zero-order valence-electron chi connectivity index (χ0n) is 14.9. The molecule has 0 bridgehead atoms. The van der Waals surface area contributed by atoms with Gasteiger partial charge in [0.15, 0.2) is 0 Å². The summed E-state index contributed by atoms with van der Waals surface area (Å²) >= 11 is 0. The van der Waals surface area contributed by atoms with Crippen LogP contribution >= 0.6 is 0 Å². The molecule has 1 saturated carbocycles. The normalized spacial score (nSPS) is 27.3. The average molecular weight is 344 g/mol. The Labute approximate surface area is 149 Å². The SMILES string of the molecule is CC(N)C(=O)N1[C@@H]2CCCCC[C@@H]2C[C@H]1C(=O)OCc1ccccc1. The van der Waals surface area contributed by atoms with Gasteiger partial charge in [0.1, 0.15) is 12.6 Å². The van der Waals surface area contributed by atoms with E-state index in [-0.39, 0.29) is 24.5 Å². The number of esters is 1. The molecule has 1 aliphatic carbocycles. The fraction of sp³-hybridized carbons (Fsp3) is 0.600. The van der Waals surface area contributed by atoms with Gasteiger partial charge in [0.25, 0.3) is 0 Å². The van der Waals surface area contributed by atoms with Crippen LogP contribution in [0.4, 0.5) is 0 Å². The summed E-state index contributed by atoms with van der Waals surface area (Å²) in [4.78, 5) is 27.2. The maximum absolute atomic E-state index is 12.7. The topological polar surface area (TPSA) is 72.6 Å². The molecule has 25 heavy (non-hydrogen) atoms. The second kappa shape index (κ2) is 8.00. The first-order valence-electron chi connectivity index (χ1n) is 9.36. The molecule has 5 nitrogen and oxygen atoms in total. The minimum atomic E-state index is -0.591. The highest BCUT2D eigenvalue weighted by Crippen LogP contribution is 2.39. The lowest BCUT2D eigenvalue weighted by atomic mass is 9.94. The molecule has 1 aromatic rings.